The second kappa shape index (κ2) is 7.04. The van der Waals surface area contributed by atoms with Crippen molar-refractivity contribution in [3.8, 4) is 23.8 Å². The lowest BCUT2D eigenvalue weighted by Gasteiger charge is -2.08. The van der Waals surface area contributed by atoms with E-state index >= 15 is 0 Å². The zero-order valence-corrected chi connectivity index (χ0v) is 15.4. The molecule has 2 heterocycles. The molecule has 7 nitrogen and oxygen atoms in total. The van der Waals surface area contributed by atoms with Crippen LogP contribution in [0.4, 0.5) is 0 Å². The van der Waals surface area contributed by atoms with Crippen LogP contribution in [0.3, 0.4) is 0 Å². The topological polar surface area (TPSA) is 78.6 Å². The van der Waals surface area contributed by atoms with Gasteiger partial charge in [-0.25, -0.2) is 0 Å². The fourth-order valence-corrected chi connectivity index (χ4v) is 4.02. The Balaban J connectivity index is 2.30. The Morgan fingerprint density at radius 1 is 1.36 bits per heavy atom. The monoisotopic (exact) mass is 374 g/mol. The van der Waals surface area contributed by atoms with Gasteiger partial charge in [0.05, 0.1) is 26.5 Å². The van der Waals surface area contributed by atoms with Crippen molar-refractivity contribution >= 4 is 39.0 Å². The molecular formula is C16H14N4O3S2. The normalized spacial score (nSPS) is 11.5. The molecule has 0 radical (unpaired) electrons. The molecule has 0 spiro atoms. The van der Waals surface area contributed by atoms with Gasteiger partial charge in [0.25, 0.3) is 5.91 Å². The van der Waals surface area contributed by atoms with Crippen LogP contribution in [0.1, 0.15) is 15.4 Å². The number of terminal acetylenes is 1. The lowest BCUT2D eigenvalue weighted by atomic mass is 10.3. The highest BCUT2D eigenvalue weighted by Gasteiger charge is 2.18. The third-order valence-electron chi connectivity index (χ3n) is 3.48. The highest BCUT2D eigenvalue weighted by molar-refractivity contribution is 7.17. The molecule has 2 aromatic heterocycles. The number of fused-ring (bicyclic) bond motifs is 1. The van der Waals surface area contributed by atoms with Crippen molar-refractivity contribution in [3.63, 3.8) is 0 Å². The summed E-state index contributed by atoms with van der Waals surface area (Å²) in [6, 6.07) is 3.60. The Morgan fingerprint density at radius 2 is 2.08 bits per heavy atom. The first-order chi connectivity index (χ1) is 12.1. The molecule has 0 aliphatic heterocycles. The van der Waals surface area contributed by atoms with Gasteiger partial charge in [-0.2, -0.15) is 4.99 Å². The van der Waals surface area contributed by atoms with Gasteiger partial charge in [0.15, 0.2) is 4.80 Å². The number of benzene rings is 1. The minimum atomic E-state index is -0.400. The number of aryl methyl sites for hydroxylation is 1. The van der Waals surface area contributed by atoms with Crippen molar-refractivity contribution < 1.29 is 14.3 Å². The Labute approximate surface area is 151 Å². The van der Waals surface area contributed by atoms with Crippen LogP contribution < -0.4 is 14.3 Å². The second-order valence-electron chi connectivity index (χ2n) is 4.93. The van der Waals surface area contributed by atoms with E-state index in [1.54, 1.807) is 37.8 Å². The summed E-state index contributed by atoms with van der Waals surface area (Å²) in [6.07, 6.45) is 5.51. The third-order valence-corrected chi connectivity index (χ3v) is 5.39. The van der Waals surface area contributed by atoms with Gasteiger partial charge in [-0.3, -0.25) is 4.79 Å². The van der Waals surface area contributed by atoms with E-state index in [4.69, 9.17) is 15.9 Å². The largest absolute Gasteiger partial charge is 0.495 e. The van der Waals surface area contributed by atoms with E-state index in [1.165, 1.54) is 11.3 Å². The van der Waals surface area contributed by atoms with E-state index in [2.05, 4.69) is 20.5 Å². The van der Waals surface area contributed by atoms with Crippen LogP contribution in [0, 0.1) is 19.3 Å². The molecule has 9 heteroatoms. The number of rotatable bonds is 4. The average molecular weight is 374 g/mol. The maximum Gasteiger partial charge on any atom is 0.293 e. The summed E-state index contributed by atoms with van der Waals surface area (Å²) in [5, 5.41) is 3.85. The molecule has 128 valence electrons. The number of carbonyl (C=O) groups is 1. The first kappa shape index (κ1) is 17.1. The smallest absolute Gasteiger partial charge is 0.293 e. The molecule has 0 bridgehead atoms. The number of carbonyl (C=O) groups excluding carboxylic acids is 1. The molecule has 0 saturated heterocycles. The molecule has 0 fully saturated rings. The van der Waals surface area contributed by atoms with Crippen molar-refractivity contribution in [2.75, 3.05) is 14.2 Å². The lowest BCUT2D eigenvalue weighted by Crippen LogP contribution is -2.16. The molecule has 0 N–H and O–H groups in total. The molecule has 0 saturated carbocycles. The number of amides is 1. The molecular weight excluding hydrogens is 360 g/mol. The maximum atomic E-state index is 12.5. The van der Waals surface area contributed by atoms with Gasteiger partial charge in [-0.15, -0.1) is 11.5 Å². The van der Waals surface area contributed by atoms with E-state index in [1.807, 2.05) is 0 Å². The quantitative estimate of drug-likeness (QED) is 0.655. The minimum absolute atomic E-state index is 0.246. The molecule has 0 aliphatic rings. The van der Waals surface area contributed by atoms with E-state index in [0.717, 1.165) is 21.7 Å². The summed E-state index contributed by atoms with van der Waals surface area (Å²) in [7, 11) is 3.16. The van der Waals surface area contributed by atoms with Gasteiger partial charge in [0.1, 0.15) is 26.6 Å². The Hall–Kier alpha value is -2.70. The van der Waals surface area contributed by atoms with Gasteiger partial charge >= 0.3 is 0 Å². The van der Waals surface area contributed by atoms with Crippen LogP contribution in [-0.4, -0.2) is 34.3 Å². The van der Waals surface area contributed by atoms with Crippen molar-refractivity contribution in [1.29, 1.82) is 0 Å². The summed E-state index contributed by atoms with van der Waals surface area (Å²) >= 11 is 2.33. The van der Waals surface area contributed by atoms with Crippen LogP contribution in [0.25, 0.3) is 10.2 Å². The van der Waals surface area contributed by atoms with Crippen LogP contribution in [0.15, 0.2) is 17.1 Å². The van der Waals surface area contributed by atoms with Gasteiger partial charge in [-0.1, -0.05) is 21.7 Å². The highest BCUT2D eigenvalue weighted by atomic mass is 32.1. The SMILES string of the molecule is C#CCn1c(=NC(=O)c2snnc2C)sc2c(OC)ccc(OC)c21. The molecule has 3 aromatic rings. The number of hydrogen-bond acceptors (Lipinski definition) is 7. The maximum absolute atomic E-state index is 12.5. The summed E-state index contributed by atoms with van der Waals surface area (Å²) in [5.41, 5.74) is 1.30. The van der Waals surface area contributed by atoms with Gasteiger partial charge in [-0.05, 0) is 30.6 Å². The Bertz CT molecular complexity index is 1060. The van der Waals surface area contributed by atoms with E-state index < -0.39 is 5.91 Å². The first-order valence-electron chi connectivity index (χ1n) is 7.16. The number of aromatic nitrogens is 3. The Kier molecular flexibility index (Phi) is 4.83. The van der Waals surface area contributed by atoms with Crippen LogP contribution in [0.5, 0.6) is 11.5 Å². The van der Waals surface area contributed by atoms with Crippen LogP contribution in [-0.2, 0) is 6.54 Å². The predicted molar refractivity (Wildman–Crippen MR) is 96.3 cm³/mol. The molecule has 0 aliphatic carbocycles. The predicted octanol–water partition coefficient (Wildman–Crippen LogP) is 2.25. The highest BCUT2D eigenvalue weighted by Crippen LogP contribution is 2.35. The average Bonchev–Trinajstić information content (AvgIpc) is 3.19. The van der Waals surface area contributed by atoms with Crippen molar-refractivity contribution in [3.05, 3.63) is 27.5 Å². The number of nitrogens with zero attached hydrogens (tertiary/aromatic N) is 4. The molecule has 0 unspecified atom stereocenters. The van der Waals surface area contributed by atoms with Crippen LogP contribution >= 0.6 is 22.9 Å². The zero-order chi connectivity index (χ0) is 18.0. The van der Waals surface area contributed by atoms with E-state index in [-0.39, 0.29) is 6.54 Å². The van der Waals surface area contributed by atoms with Crippen molar-refractivity contribution in [1.82, 2.24) is 14.2 Å². The molecule has 25 heavy (non-hydrogen) atoms. The number of ether oxygens (including phenoxy) is 2. The van der Waals surface area contributed by atoms with Crippen molar-refractivity contribution in [2.24, 2.45) is 4.99 Å². The summed E-state index contributed by atoms with van der Waals surface area (Å²) in [5.74, 6) is 3.48. The van der Waals surface area contributed by atoms with Crippen LogP contribution in [0.2, 0.25) is 0 Å². The fraction of sp³-hybridized carbons (Fsp3) is 0.250. The lowest BCUT2D eigenvalue weighted by molar-refractivity contribution is 0.100. The number of methoxy groups -OCH3 is 2. The fourth-order valence-electron chi connectivity index (χ4n) is 2.34. The minimum Gasteiger partial charge on any atom is -0.495 e. The second-order valence-corrected chi connectivity index (χ2v) is 6.66. The van der Waals surface area contributed by atoms with E-state index in [0.29, 0.717) is 26.9 Å². The van der Waals surface area contributed by atoms with Gasteiger partial charge < -0.3 is 14.0 Å². The third kappa shape index (κ3) is 3.01. The van der Waals surface area contributed by atoms with Gasteiger partial charge in [0.2, 0.25) is 0 Å². The standard InChI is InChI=1S/C16H14N4O3S2/c1-5-8-20-12-10(22-3)6-7-11(23-4)14(12)24-16(20)17-15(21)13-9(2)18-19-25-13/h1,6-7H,8H2,2-4H3. The molecule has 3 rings (SSSR count). The molecule has 1 aromatic carbocycles. The Morgan fingerprint density at radius 3 is 2.68 bits per heavy atom. The van der Waals surface area contributed by atoms with E-state index in [9.17, 15) is 4.79 Å². The molecule has 0 atom stereocenters. The zero-order valence-electron chi connectivity index (χ0n) is 13.8. The summed E-state index contributed by atoms with van der Waals surface area (Å²) in [4.78, 5) is 17.6. The molecule has 1 amide bonds. The number of hydrogen-bond donors (Lipinski definition) is 0. The number of thiazole rings is 1. The first-order valence-corrected chi connectivity index (χ1v) is 8.75. The summed E-state index contributed by atoms with van der Waals surface area (Å²) in [6.45, 7) is 1.97. The van der Waals surface area contributed by atoms with Gasteiger partial charge in [0, 0.05) is 0 Å². The van der Waals surface area contributed by atoms with Crippen molar-refractivity contribution in [2.45, 2.75) is 13.5 Å². The summed E-state index contributed by atoms with van der Waals surface area (Å²) < 4.78 is 17.2.